The molecule has 2 aromatic carbocycles. The van der Waals surface area contributed by atoms with Crippen molar-refractivity contribution < 1.29 is 0 Å². The van der Waals surface area contributed by atoms with Crippen molar-refractivity contribution in [2.24, 2.45) is 0 Å². The first-order valence-electron chi connectivity index (χ1n) is 7.60. The van der Waals surface area contributed by atoms with Crippen LogP contribution in [0.15, 0.2) is 66.9 Å². The van der Waals surface area contributed by atoms with E-state index >= 15 is 0 Å². The molecule has 1 aromatic heterocycles. The van der Waals surface area contributed by atoms with Crippen LogP contribution in [0.5, 0.6) is 0 Å². The van der Waals surface area contributed by atoms with Crippen molar-refractivity contribution in [2.75, 3.05) is 10.6 Å². The molecule has 0 aliphatic heterocycles. The molecule has 3 aromatic rings. The van der Waals surface area contributed by atoms with Crippen molar-refractivity contribution in [3.8, 4) is 0 Å². The highest BCUT2D eigenvalue weighted by Gasteiger charge is 2.07. The number of hydrogen-bond acceptors (Lipinski definition) is 5. The molecule has 3 rings (SSSR count). The summed E-state index contributed by atoms with van der Waals surface area (Å²) in [4.78, 5) is 4.46. The van der Waals surface area contributed by atoms with Crippen LogP contribution in [0.4, 0.5) is 11.8 Å². The van der Waals surface area contributed by atoms with Crippen molar-refractivity contribution in [3.05, 3.63) is 78.0 Å². The maximum Gasteiger partial charge on any atom is 0.244 e. The molecule has 1 unspecified atom stereocenters. The van der Waals surface area contributed by atoms with E-state index in [-0.39, 0.29) is 6.04 Å². The molecule has 0 aliphatic carbocycles. The molecule has 0 fully saturated rings. The lowest BCUT2D eigenvalue weighted by Crippen LogP contribution is -2.11. The molecular formula is C18H19N5. The molecule has 5 heteroatoms. The third kappa shape index (κ3) is 4.26. The van der Waals surface area contributed by atoms with Gasteiger partial charge >= 0.3 is 0 Å². The summed E-state index contributed by atoms with van der Waals surface area (Å²) in [5.41, 5.74) is 2.37. The first-order chi connectivity index (χ1) is 11.3. The van der Waals surface area contributed by atoms with Gasteiger partial charge in [-0.1, -0.05) is 60.7 Å². The van der Waals surface area contributed by atoms with Crippen LogP contribution < -0.4 is 10.6 Å². The van der Waals surface area contributed by atoms with E-state index in [1.807, 2.05) is 36.4 Å². The van der Waals surface area contributed by atoms with Gasteiger partial charge in [-0.05, 0) is 18.1 Å². The van der Waals surface area contributed by atoms with Crippen molar-refractivity contribution in [1.82, 2.24) is 15.2 Å². The molecule has 23 heavy (non-hydrogen) atoms. The third-order valence-corrected chi connectivity index (χ3v) is 3.52. The predicted octanol–water partition coefficient (Wildman–Crippen LogP) is 3.66. The highest BCUT2D eigenvalue weighted by Crippen LogP contribution is 2.17. The monoisotopic (exact) mass is 305 g/mol. The van der Waals surface area contributed by atoms with Gasteiger partial charge in [-0.2, -0.15) is 10.1 Å². The summed E-state index contributed by atoms with van der Waals surface area (Å²) < 4.78 is 0. The first kappa shape index (κ1) is 15.0. The number of nitrogens with one attached hydrogen (secondary N) is 2. The van der Waals surface area contributed by atoms with E-state index in [9.17, 15) is 0 Å². The maximum atomic E-state index is 4.46. The van der Waals surface area contributed by atoms with Crippen molar-refractivity contribution >= 4 is 11.8 Å². The summed E-state index contributed by atoms with van der Waals surface area (Å²) >= 11 is 0. The van der Waals surface area contributed by atoms with Crippen LogP contribution in [0, 0.1) is 0 Å². The summed E-state index contributed by atoms with van der Waals surface area (Å²) in [6.07, 6.45) is 1.63. The highest BCUT2D eigenvalue weighted by atomic mass is 15.3. The van der Waals surface area contributed by atoms with Crippen molar-refractivity contribution in [2.45, 2.75) is 19.5 Å². The van der Waals surface area contributed by atoms with E-state index in [1.54, 1.807) is 6.20 Å². The number of hydrogen-bond donors (Lipinski definition) is 2. The molecule has 0 saturated heterocycles. The lowest BCUT2D eigenvalue weighted by molar-refractivity contribution is 0.857. The summed E-state index contributed by atoms with van der Waals surface area (Å²) in [5, 5.41) is 14.6. The van der Waals surface area contributed by atoms with Gasteiger partial charge in [-0.3, -0.25) is 0 Å². The molecule has 1 heterocycles. The minimum absolute atomic E-state index is 0.148. The zero-order valence-electron chi connectivity index (χ0n) is 13.0. The van der Waals surface area contributed by atoms with Crippen LogP contribution >= 0.6 is 0 Å². The van der Waals surface area contributed by atoms with Gasteiger partial charge in [0.1, 0.15) is 0 Å². The molecule has 0 aliphatic rings. The van der Waals surface area contributed by atoms with E-state index < -0.39 is 0 Å². The van der Waals surface area contributed by atoms with Crippen LogP contribution in [-0.4, -0.2) is 15.2 Å². The minimum atomic E-state index is 0.148. The average molecular weight is 305 g/mol. The van der Waals surface area contributed by atoms with E-state index in [1.165, 1.54) is 11.1 Å². The molecule has 0 radical (unpaired) electrons. The van der Waals surface area contributed by atoms with Crippen LogP contribution in [-0.2, 0) is 6.54 Å². The lowest BCUT2D eigenvalue weighted by atomic mass is 10.1. The largest absolute Gasteiger partial charge is 0.362 e. The Kier molecular flexibility index (Phi) is 4.79. The summed E-state index contributed by atoms with van der Waals surface area (Å²) in [6.45, 7) is 2.76. The number of benzene rings is 2. The molecule has 5 nitrogen and oxygen atoms in total. The van der Waals surface area contributed by atoms with E-state index in [4.69, 9.17) is 0 Å². The van der Waals surface area contributed by atoms with Crippen LogP contribution in [0.2, 0.25) is 0 Å². The van der Waals surface area contributed by atoms with Gasteiger partial charge < -0.3 is 10.6 Å². The number of rotatable bonds is 6. The number of nitrogens with zero attached hydrogens (tertiary/aromatic N) is 3. The first-order valence-corrected chi connectivity index (χ1v) is 7.60. The number of anilines is 2. The van der Waals surface area contributed by atoms with Gasteiger partial charge in [0, 0.05) is 12.6 Å². The Balaban J connectivity index is 1.63. The Hall–Kier alpha value is -2.95. The fraction of sp³-hybridized carbons (Fsp3) is 0.167. The fourth-order valence-corrected chi connectivity index (χ4v) is 2.27. The second kappa shape index (κ2) is 7.35. The Bertz CT molecular complexity index is 731. The molecule has 0 bridgehead atoms. The Morgan fingerprint density at radius 3 is 2.39 bits per heavy atom. The van der Waals surface area contributed by atoms with E-state index in [0.29, 0.717) is 18.3 Å². The summed E-state index contributed by atoms with van der Waals surface area (Å²) in [5.74, 6) is 1.21. The van der Waals surface area contributed by atoms with Crippen molar-refractivity contribution in [1.29, 1.82) is 0 Å². The van der Waals surface area contributed by atoms with Crippen LogP contribution in [0.3, 0.4) is 0 Å². The average Bonchev–Trinajstić information content (AvgIpc) is 2.62. The Morgan fingerprint density at radius 1 is 0.957 bits per heavy atom. The second-order valence-electron chi connectivity index (χ2n) is 5.28. The fourth-order valence-electron chi connectivity index (χ4n) is 2.27. The zero-order chi connectivity index (χ0) is 15.9. The molecule has 0 saturated carbocycles. The molecular weight excluding hydrogens is 286 g/mol. The van der Waals surface area contributed by atoms with Gasteiger partial charge in [-0.25, -0.2) is 0 Å². The highest BCUT2D eigenvalue weighted by molar-refractivity contribution is 5.40. The molecule has 2 N–H and O–H groups in total. The normalized spacial score (nSPS) is 11.7. The zero-order valence-corrected chi connectivity index (χ0v) is 13.0. The minimum Gasteiger partial charge on any atom is -0.362 e. The van der Waals surface area contributed by atoms with Gasteiger partial charge in [0.05, 0.1) is 6.20 Å². The van der Waals surface area contributed by atoms with Gasteiger partial charge in [0.2, 0.25) is 5.95 Å². The lowest BCUT2D eigenvalue weighted by Gasteiger charge is -2.15. The van der Waals surface area contributed by atoms with Crippen molar-refractivity contribution in [3.63, 3.8) is 0 Å². The van der Waals surface area contributed by atoms with Gasteiger partial charge in [0.25, 0.3) is 0 Å². The Morgan fingerprint density at radius 2 is 1.65 bits per heavy atom. The van der Waals surface area contributed by atoms with Gasteiger partial charge in [0.15, 0.2) is 5.82 Å². The second-order valence-corrected chi connectivity index (χ2v) is 5.28. The van der Waals surface area contributed by atoms with Gasteiger partial charge in [-0.15, -0.1) is 5.10 Å². The molecule has 116 valence electrons. The summed E-state index contributed by atoms with van der Waals surface area (Å²) in [6, 6.07) is 20.5. The third-order valence-electron chi connectivity index (χ3n) is 3.52. The quantitative estimate of drug-likeness (QED) is 0.727. The molecule has 1 atom stereocenters. The topological polar surface area (TPSA) is 62.7 Å². The van der Waals surface area contributed by atoms with Crippen LogP contribution in [0.1, 0.15) is 24.1 Å². The summed E-state index contributed by atoms with van der Waals surface area (Å²) in [7, 11) is 0. The SMILES string of the molecule is CC(Nc1cnnc(NCc2ccccc2)n1)c1ccccc1. The number of aromatic nitrogens is 3. The molecule has 0 amide bonds. The van der Waals surface area contributed by atoms with Crippen LogP contribution in [0.25, 0.3) is 0 Å². The predicted molar refractivity (Wildman–Crippen MR) is 92.1 cm³/mol. The smallest absolute Gasteiger partial charge is 0.244 e. The maximum absolute atomic E-state index is 4.46. The standard InChI is InChI=1S/C18H19N5/c1-14(16-10-6-3-7-11-16)21-17-13-20-23-18(22-17)19-12-15-8-4-2-5-9-15/h2-11,13-14H,12H2,1H3,(H2,19,21,22,23). The van der Waals surface area contributed by atoms with E-state index in [0.717, 1.165) is 0 Å². The van der Waals surface area contributed by atoms with E-state index in [2.05, 4.69) is 57.0 Å². The Labute approximate surface area is 135 Å². The molecule has 0 spiro atoms.